The minimum atomic E-state index is -0.0760. The first-order valence-corrected chi connectivity index (χ1v) is 8.74. The molecular formula is C18H26N4O4. The molecule has 0 saturated carbocycles. The van der Waals surface area contributed by atoms with Crippen LogP contribution in [0.5, 0.6) is 0 Å². The summed E-state index contributed by atoms with van der Waals surface area (Å²) in [5, 5.41) is 3.23. The SMILES string of the molecule is COCCNc1nc2cc(C(=O)N(C)CC3COCCO3)ccc2n1C. The van der Waals surface area contributed by atoms with Gasteiger partial charge in [0.15, 0.2) is 0 Å². The fraction of sp³-hybridized carbons (Fsp3) is 0.556. The van der Waals surface area contributed by atoms with Crippen molar-refractivity contribution >= 4 is 22.9 Å². The first kappa shape index (κ1) is 18.6. The Morgan fingerprint density at radius 1 is 1.46 bits per heavy atom. The number of aryl methyl sites for hydroxylation is 1. The smallest absolute Gasteiger partial charge is 0.253 e. The number of likely N-dealkylation sites (N-methyl/N-ethyl adjacent to an activating group) is 1. The minimum Gasteiger partial charge on any atom is -0.383 e. The molecule has 26 heavy (non-hydrogen) atoms. The maximum atomic E-state index is 12.7. The summed E-state index contributed by atoms with van der Waals surface area (Å²) in [6.07, 6.45) is -0.0760. The van der Waals surface area contributed by atoms with Gasteiger partial charge in [0.05, 0.1) is 43.6 Å². The van der Waals surface area contributed by atoms with Crippen molar-refractivity contribution in [3.05, 3.63) is 23.8 Å². The zero-order chi connectivity index (χ0) is 18.5. The van der Waals surface area contributed by atoms with Gasteiger partial charge < -0.3 is 29.0 Å². The third-order valence-electron chi connectivity index (χ3n) is 4.43. The molecule has 8 nitrogen and oxygen atoms in total. The second-order valence-corrected chi connectivity index (χ2v) is 6.37. The van der Waals surface area contributed by atoms with Crippen LogP contribution in [-0.2, 0) is 21.3 Å². The van der Waals surface area contributed by atoms with Crippen LogP contribution >= 0.6 is 0 Å². The number of methoxy groups -OCH3 is 1. The molecule has 1 aromatic heterocycles. The van der Waals surface area contributed by atoms with E-state index < -0.39 is 0 Å². The zero-order valence-corrected chi connectivity index (χ0v) is 15.5. The number of nitrogens with one attached hydrogen (secondary N) is 1. The van der Waals surface area contributed by atoms with E-state index in [1.165, 1.54) is 0 Å². The van der Waals surface area contributed by atoms with Crippen molar-refractivity contribution < 1.29 is 19.0 Å². The third kappa shape index (κ3) is 4.14. The number of nitrogens with zero attached hydrogens (tertiary/aromatic N) is 3. The highest BCUT2D eigenvalue weighted by atomic mass is 16.6. The van der Waals surface area contributed by atoms with Gasteiger partial charge in [-0.25, -0.2) is 4.98 Å². The van der Waals surface area contributed by atoms with Gasteiger partial charge in [0.1, 0.15) is 0 Å². The predicted molar refractivity (Wildman–Crippen MR) is 98.6 cm³/mol. The molecule has 3 rings (SSSR count). The van der Waals surface area contributed by atoms with E-state index in [-0.39, 0.29) is 12.0 Å². The van der Waals surface area contributed by atoms with Gasteiger partial charge in [-0.05, 0) is 18.2 Å². The number of imidazole rings is 1. The van der Waals surface area contributed by atoms with Crippen LogP contribution < -0.4 is 5.32 Å². The number of ether oxygens (including phenoxy) is 3. The molecular weight excluding hydrogens is 336 g/mol. The topological polar surface area (TPSA) is 77.8 Å². The Balaban J connectivity index is 1.71. The minimum absolute atomic E-state index is 0.0550. The van der Waals surface area contributed by atoms with E-state index in [1.54, 1.807) is 19.1 Å². The van der Waals surface area contributed by atoms with Crippen LogP contribution in [0.2, 0.25) is 0 Å². The molecule has 1 aromatic carbocycles. The lowest BCUT2D eigenvalue weighted by Crippen LogP contribution is -2.40. The van der Waals surface area contributed by atoms with E-state index in [9.17, 15) is 4.79 Å². The lowest BCUT2D eigenvalue weighted by atomic mass is 10.1. The van der Waals surface area contributed by atoms with Gasteiger partial charge in [-0.2, -0.15) is 0 Å². The lowest BCUT2D eigenvalue weighted by molar-refractivity contribution is -0.0933. The summed E-state index contributed by atoms with van der Waals surface area (Å²) in [6, 6.07) is 5.58. The quantitative estimate of drug-likeness (QED) is 0.744. The number of carbonyl (C=O) groups is 1. The number of fused-ring (bicyclic) bond motifs is 1. The van der Waals surface area contributed by atoms with Crippen LogP contribution in [0.25, 0.3) is 11.0 Å². The molecule has 0 aliphatic carbocycles. The van der Waals surface area contributed by atoms with Crippen molar-refractivity contribution in [2.75, 3.05) is 59.0 Å². The number of hydrogen-bond acceptors (Lipinski definition) is 6. The Bertz CT molecular complexity index is 755. The Morgan fingerprint density at radius 2 is 2.31 bits per heavy atom. The summed E-state index contributed by atoms with van der Waals surface area (Å²) in [5.41, 5.74) is 2.36. The van der Waals surface area contributed by atoms with E-state index in [1.807, 2.05) is 29.8 Å². The number of aromatic nitrogens is 2. The van der Waals surface area contributed by atoms with Crippen LogP contribution in [0, 0.1) is 0 Å². The molecule has 0 radical (unpaired) electrons. The lowest BCUT2D eigenvalue weighted by Gasteiger charge is -2.27. The maximum absolute atomic E-state index is 12.7. The average Bonchev–Trinajstić information content (AvgIpc) is 2.97. The van der Waals surface area contributed by atoms with Crippen molar-refractivity contribution in [3.8, 4) is 0 Å². The molecule has 1 fully saturated rings. The molecule has 1 amide bonds. The van der Waals surface area contributed by atoms with Crippen molar-refractivity contribution in [2.24, 2.45) is 7.05 Å². The molecule has 0 bridgehead atoms. The number of amides is 1. The first-order valence-electron chi connectivity index (χ1n) is 8.74. The van der Waals surface area contributed by atoms with Gasteiger partial charge in [0, 0.05) is 39.9 Å². The highest BCUT2D eigenvalue weighted by molar-refractivity contribution is 5.97. The normalized spacial score (nSPS) is 17.4. The number of hydrogen-bond donors (Lipinski definition) is 1. The van der Waals surface area contributed by atoms with Gasteiger partial charge in [-0.1, -0.05) is 0 Å². The zero-order valence-electron chi connectivity index (χ0n) is 15.5. The predicted octanol–water partition coefficient (Wildman–Crippen LogP) is 1.12. The standard InChI is InChI=1S/C18H26N4O4/c1-21(11-14-12-25-8-9-26-14)17(23)13-4-5-16-15(10-13)20-18(22(16)2)19-6-7-24-3/h4-5,10,14H,6-9,11-12H2,1-3H3,(H,19,20). The number of anilines is 1. The van der Waals surface area contributed by atoms with Crippen LogP contribution in [0.3, 0.4) is 0 Å². The van der Waals surface area contributed by atoms with Gasteiger partial charge in [0.2, 0.25) is 5.95 Å². The van der Waals surface area contributed by atoms with Crippen LogP contribution in [-0.4, -0.2) is 80.1 Å². The third-order valence-corrected chi connectivity index (χ3v) is 4.43. The van der Waals surface area contributed by atoms with E-state index in [2.05, 4.69) is 10.3 Å². The molecule has 1 atom stereocenters. The van der Waals surface area contributed by atoms with E-state index >= 15 is 0 Å². The molecule has 0 spiro atoms. The Labute approximate surface area is 153 Å². The largest absolute Gasteiger partial charge is 0.383 e. The van der Waals surface area contributed by atoms with Crippen LogP contribution in [0.1, 0.15) is 10.4 Å². The fourth-order valence-electron chi connectivity index (χ4n) is 3.01. The molecule has 8 heteroatoms. The summed E-state index contributed by atoms with van der Waals surface area (Å²) >= 11 is 0. The highest BCUT2D eigenvalue weighted by Crippen LogP contribution is 2.20. The van der Waals surface area contributed by atoms with Crippen molar-refractivity contribution in [1.29, 1.82) is 0 Å². The maximum Gasteiger partial charge on any atom is 0.253 e. The van der Waals surface area contributed by atoms with Crippen LogP contribution in [0.15, 0.2) is 18.2 Å². The van der Waals surface area contributed by atoms with E-state index in [0.717, 1.165) is 17.0 Å². The molecule has 1 saturated heterocycles. The molecule has 2 aromatic rings. The average molecular weight is 362 g/mol. The van der Waals surface area contributed by atoms with Gasteiger partial charge in [-0.15, -0.1) is 0 Å². The molecule has 1 N–H and O–H groups in total. The first-order chi connectivity index (χ1) is 12.6. The fourth-order valence-corrected chi connectivity index (χ4v) is 3.01. The molecule has 1 aliphatic rings. The highest BCUT2D eigenvalue weighted by Gasteiger charge is 2.21. The van der Waals surface area contributed by atoms with Gasteiger partial charge in [0.25, 0.3) is 5.91 Å². The molecule has 1 unspecified atom stereocenters. The van der Waals surface area contributed by atoms with Gasteiger partial charge in [-0.3, -0.25) is 4.79 Å². The Hall–Kier alpha value is -2.16. The summed E-state index contributed by atoms with van der Waals surface area (Å²) in [6.45, 7) is 3.49. The number of benzene rings is 1. The van der Waals surface area contributed by atoms with Crippen molar-refractivity contribution in [3.63, 3.8) is 0 Å². The summed E-state index contributed by atoms with van der Waals surface area (Å²) in [5.74, 6) is 0.698. The molecule has 2 heterocycles. The second kappa shape index (κ2) is 8.48. The van der Waals surface area contributed by atoms with Crippen molar-refractivity contribution in [2.45, 2.75) is 6.10 Å². The summed E-state index contributed by atoms with van der Waals surface area (Å²) in [4.78, 5) is 19.0. The monoisotopic (exact) mass is 362 g/mol. The number of rotatable bonds is 7. The Kier molecular flexibility index (Phi) is 6.08. The van der Waals surface area contributed by atoms with E-state index in [0.29, 0.717) is 45.1 Å². The number of carbonyl (C=O) groups excluding carboxylic acids is 1. The Morgan fingerprint density at radius 3 is 3.04 bits per heavy atom. The molecule has 1 aliphatic heterocycles. The summed E-state index contributed by atoms with van der Waals surface area (Å²) < 4.78 is 18.0. The second-order valence-electron chi connectivity index (χ2n) is 6.37. The van der Waals surface area contributed by atoms with Crippen LogP contribution in [0.4, 0.5) is 5.95 Å². The van der Waals surface area contributed by atoms with Gasteiger partial charge >= 0.3 is 0 Å². The molecule has 142 valence electrons. The summed E-state index contributed by atoms with van der Waals surface area (Å²) in [7, 11) is 5.38. The van der Waals surface area contributed by atoms with E-state index in [4.69, 9.17) is 14.2 Å². The van der Waals surface area contributed by atoms with Crippen molar-refractivity contribution in [1.82, 2.24) is 14.5 Å².